The maximum atomic E-state index is 12.1. The van der Waals surface area contributed by atoms with Crippen LogP contribution >= 0.6 is 11.3 Å². The number of hydrogen-bond donors (Lipinski definition) is 2. The molecule has 3 aromatic rings. The predicted molar refractivity (Wildman–Crippen MR) is 108 cm³/mol. The first-order valence-corrected chi connectivity index (χ1v) is 9.70. The van der Waals surface area contributed by atoms with Gasteiger partial charge in [-0.3, -0.25) is 10.1 Å². The lowest BCUT2D eigenvalue weighted by atomic mass is 10.1. The number of aromatic nitrogens is 3. The first-order valence-electron chi connectivity index (χ1n) is 8.83. The highest BCUT2D eigenvalue weighted by Crippen LogP contribution is 2.31. The fraction of sp³-hybridized carbons (Fsp3) is 0.263. The number of benzene rings is 1. The van der Waals surface area contributed by atoms with Crippen molar-refractivity contribution >= 4 is 33.9 Å². The third kappa shape index (κ3) is 3.90. The molecule has 2 N–H and O–H groups in total. The summed E-state index contributed by atoms with van der Waals surface area (Å²) in [6, 6.07) is 12.6. The Bertz CT molecular complexity index is 912. The molecule has 1 aliphatic rings. The lowest BCUT2D eigenvalue weighted by Gasteiger charge is -2.25. The molecule has 0 saturated carbocycles. The molecule has 7 nitrogen and oxygen atoms in total. The number of pyridine rings is 1. The van der Waals surface area contributed by atoms with E-state index in [0.717, 1.165) is 25.3 Å². The SMILES string of the molecule is CC1Cc2ccccc2N1CCNc1ccc(C(=O)Nc2nncs2)cn1. The molecule has 3 heterocycles. The third-order valence-corrected chi connectivity index (χ3v) is 5.22. The zero-order valence-corrected chi connectivity index (χ0v) is 15.7. The van der Waals surface area contributed by atoms with E-state index < -0.39 is 0 Å². The number of hydrogen-bond acceptors (Lipinski definition) is 7. The van der Waals surface area contributed by atoms with Gasteiger partial charge >= 0.3 is 0 Å². The van der Waals surface area contributed by atoms with Crippen LogP contribution in [0.25, 0.3) is 0 Å². The molecule has 0 saturated heterocycles. The summed E-state index contributed by atoms with van der Waals surface area (Å²) in [6.45, 7) is 3.94. The molecule has 1 amide bonds. The molecule has 1 atom stereocenters. The Balaban J connectivity index is 1.31. The number of rotatable bonds is 6. The number of para-hydroxylation sites is 1. The Hall–Kier alpha value is -3.00. The molecule has 2 aromatic heterocycles. The molecule has 1 aromatic carbocycles. The number of carbonyl (C=O) groups excluding carboxylic acids is 1. The van der Waals surface area contributed by atoms with Gasteiger partial charge in [0.1, 0.15) is 11.3 Å². The van der Waals surface area contributed by atoms with Crippen molar-refractivity contribution in [2.75, 3.05) is 28.6 Å². The van der Waals surface area contributed by atoms with Gasteiger partial charge in [-0.05, 0) is 37.1 Å². The summed E-state index contributed by atoms with van der Waals surface area (Å²) in [5.74, 6) is 0.510. The summed E-state index contributed by atoms with van der Waals surface area (Å²) in [4.78, 5) is 18.9. The van der Waals surface area contributed by atoms with E-state index >= 15 is 0 Å². The number of fused-ring (bicyclic) bond motifs is 1. The van der Waals surface area contributed by atoms with E-state index in [1.54, 1.807) is 17.8 Å². The third-order valence-electron chi connectivity index (χ3n) is 4.61. The van der Waals surface area contributed by atoms with E-state index in [1.807, 2.05) is 6.07 Å². The van der Waals surface area contributed by atoms with Crippen LogP contribution in [0.1, 0.15) is 22.8 Å². The topological polar surface area (TPSA) is 83.0 Å². The second-order valence-corrected chi connectivity index (χ2v) is 7.27. The van der Waals surface area contributed by atoms with Gasteiger partial charge in [-0.15, -0.1) is 10.2 Å². The minimum absolute atomic E-state index is 0.242. The summed E-state index contributed by atoms with van der Waals surface area (Å²) < 4.78 is 0. The standard InChI is InChI=1S/C19H20N6OS/c1-13-10-14-4-2-3-5-16(14)25(13)9-8-20-17-7-6-15(11-21-17)18(26)23-19-24-22-12-27-19/h2-7,11-13H,8-10H2,1H3,(H,20,21)(H,23,24,26). The maximum absolute atomic E-state index is 12.1. The number of carbonyl (C=O) groups is 1. The summed E-state index contributed by atoms with van der Waals surface area (Å²) >= 11 is 1.28. The second kappa shape index (κ2) is 7.71. The van der Waals surface area contributed by atoms with Gasteiger partial charge in [0.15, 0.2) is 0 Å². The van der Waals surface area contributed by atoms with Gasteiger partial charge in [0, 0.05) is 31.0 Å². The van der Waals surface area contributed by atoms with Crippen molar-refractivity contribution in [2.24, 2.45) is 0 Å². The van der Waals surface area contributed by atoms with Gasteiger partial charge in [-0.1, -0.05) is 29.5 Å². The van der Waals surface area contributed by atoms with Gasteiger partial charge in [0.05, 0.1) is 5.56 Å². The van der Waals surface area contributed by atoms with Crippen LogP contribution in [0, 0.1) is 0 Å². The first kappa shape index (κ1) is 17.4. The molecule has 138 valence electrons. The summed E-state index contributed by atoms with van der Waals surface area (Å²) in [6.07, 6.45) is 2.65. The van der Waals surface area contributed by atoms with E-state index in [9.17, 15) is 4.79 Å². The number of nitrogens with zero attached hydrogens (tertiary/aromatic N) is 4. The fourth-order valence-corrected chi connectivity index (χ4v) is 3.74. The fourth-order valence-electron chi connectivity index (χ4n) is 3.30. The Kier molecular flexibility index (Phi) is 4.97. The molecule has 0 radical (unpaired) electrons. The monoisotopic (exact) mass is 380 g/mol. The van der Waals surface area contributed by atoms with Gasteiger partial charge in [-0.25, -0.2) is 4.98 Å². The zero-order chi connectivity index (χ0) is 18.6. The summed E-state index contributed by atoms with van der Waals surface area (Å²) in [7, 11) is 0. The van der Waals surface area contributed by atoms with Crippen molar-refractivity contribution in [3.05, 3.63) is 59.2 Å². The van der Waals surface area contributed by atoms with Crippen molar-refractivity contribution in [3.8, 4) is 0 Å². The van der Waals surface area contributed by atoms with E-state index in [1.165, 1.54) is 22.6 Å². The normalized spacial score (nSPS) is 15.4. The van der Waals surface area contributed by atoms with E-state index in [2.05, 4.69) is 61.9 Å². The van der Waals surface area contributed by atoms with Crippen LogP contribution in [-0.4, -0.2) is 40.2 Å². The Morgan fingerprint density at radius 2 is 2.19 bits per heavy atom. The molecule has 1 aliphatic heterocycles. The zero-order valence-electron chi connectivity index (χ0n) is 14.9. The highest BCUT2D eigenvalue weighted by Gasteiger charge is 2.24. The largest absolute Gasteiger partial charge is 0.368 e. The minimum atomic E-state index is -0.242. The van der Waals surface area contributed by atoms with Crippen molar-refractivity contribution in [1.82, 2.24) is 15.2 Å². The van der Waals surface area contributed by atoms with Crippen molar-refractivity contribution < 1.29 is 4.79 Å². The molecule has 8 heteroatoms. The van der Waals surface area contributed by atoms with Gasteiger partial charge in [0.25, 0.3) is 5.91 Å². The highest BCUT2D eigenvalue weighted by atomic mass is 32.1. The van der Waals surface area contributed by atoms with Crippen molar-refractivity contribution in [2.45, 2.75) is 19.4 Å². The Morgan fingerprint density at radius 3 is 2.96 bits per heavy atom. The quantitative estimate of drug-likeness (QED) is 0.684. The van der Waals surface area contributed by atoms with Crippen LogP contribution in [-0.2, 0) is 6.42 Å². The van der Waals surface area contributed by atoms with E-state index in [-0.39, 0.29) is 5.91 Å². The Labute approximate surface area is 161 Å². The summed E-state index contributed by atoms with van der Waals surface area (Å²) in [5.41, 5.74) is 4.79. The first-order chi connectivity index (χ1) is 13.2. The molecule has 0 aliphatic carbocycles. The number of nitrogens with one attached hydrogen (secondary N) is 2. The molecule has 0 bridgehead atoms. The van der Waals surface area contributed by atoms with E-state index in [0.29, 0.717) is 16.7 Å². The van der Waals surface area contributed by atoms with Crippen LogP contribution in [0.4, 0.5) is 16.6 Å². The Morgan fingerprint density at radius 1 is 1.30 bits per heavy atom. The maximum Gasteiger partial charge on any atom is 0.259 e. The molecule has 0 spiro atoms. The average Bonchev–Trinajstić information content (AvgIpc) is 3.30. The van der Waals surface area contributed by atoms with Gasteiger partial charge in [0.2, 0.25) is 5.13 Å². The lowest BCUT2D eigenvalue weighted by molar-refractivity contribution is 0.102. The van der Waals surface area contributed by atoms with Crippen LogP contribution in [0.15, 0.2) is 48.1 Å². The minimum Gasteiger partial charge on any atom is -0.368 e. The predicted octanol–water partition coefficient (Wildman–Crippen LogP) is 3.05. The van der Waals surface area contributed by atoms with Gasteiger partial charge in [-0.2, -0.15) is 0 Å². The van der Waals surface area contributed by atoms with Crippen LogP contribution in [0.3, 0.4) is 0 Å². The van der Waals surface area contributed by atoms with Crippen LogP contribution in [0.2, 0.25) is 0 Å². The average molecular weight is 380 g/mol. The number of amides is 1. The van der Waals surface area contributed by atoms with Crippen LogP contribution in [0.5, 0.6) is 0 Å². The number of anilines is 3. The van der Waals surface area contributed by atoms with E-state index in [4.69, 9.17) is 0 Å². The molecule has 27 heavy (non-hydrogen) atoms. The van der Waals surface area contributed by atoms with Crippen LogP contribution < -0.4 is 15.5 Å². The molecule has 4 rings (SSSR count). The molecule has 0 fully saturated rings. The van der Waals surface area contributed by atoms with Crippen molar-refractivity contribution in [3.63, 3.8) is 0 Å². The smallest absolute Gasteiger partial charge is 0.259 e. The molecular formula is C19H20N6OS. The highest BCUT2D eigenvalue weighted by molar-refractivity contribution is 7.13. The molecule has 1 unspecified atom stereocenters. The lowest BCUT2D eigenvalue weighted by Crippen LogP contribution is -2.33. The molecular weight excluding hydrogens is 360 g/mol. The van der Waals surface area contributed by atoms with Crippen molar-refractivity contribution in [1.29, 1.82) is 0 Å². The second-order valence-electron chi connectivity index (χ2n) is 6.43. The van der Waals surface area contributed by atoms with Gasteiger partial charge < -0.3 is 10.2 Å². The summed E-state index contributed by atoms with van der Waals surface area (Å²) in [5, 5.41) is 14.0.